The Morgan fingerprint density at radius 3 is 2.24 bits per heavy atom. The second-order valence-corrected chi connectivity index (χ2v) is 5.15. The Bertz CT molecular complexity index is 444. The van der Waals surface area contributed by atoms with Gasteiger partial charge in [-0.15, -0.1) is 4.99 Å². The second-order valence-electron chi connectivity index (χ2n) is 5.15. The lowest BCUT2D eigenvalue weighted by atomic mass is 10.5. The van der Waals surface area contributed by atoms with E-state index in [1.807, 2.05) is 0 Å². The number of hydrogen-bond acceptors (Lipinski definition) is 9. The molecule has 21 heavy (non-hydrogen) atoms. The van der Waals surface area contributed by atoms with Crippen LogP contribution in [0.25, 0.3) is 0 Å². The summed E-state index contributed by atoms with van der Waals surface area (Å²) in [4.78, 5) is 8.39. The van der Waals surface area contributed by atoms with Gasteiger partial charge in [0.2, 0.25) is 6.35 Å². The fraction of sp³-hybridized carbons (Fsp3) is 0.833. The lowest BCUT2D eigenvalue weighted by molar-refractivity contribution is 0.0299. The van der Waals surface area contributed by atoms with Gasteiger partial charge in [-0.3, -0.25) is 5.32 Å². The molecule has 0 bridgehead atoms. The first-order valence-corrected chi connectivity index (χ1v) is 7.00. The summed E-state index contributed by atoms with van der Waals surface area (Å²) in [7, 11) is 0. The summed E-state index contributed by atoms with van der Waals surface area (Å²) < 4.78 is 31.9. The SMILES string of the molecule is C(OC1=NC(OCC2CO2)NC(OCC2CO2)=N1)C1CO1. The van der Waals surface area contributed by atoms with Crippen LogP contribution in [0.4, 0.5) is 0 Å². The van der Waals surface area contributed by atoms with Gasteiger partial charge >= 0.3 is 6.02 Å². The molecule has 3 fully saturated rings. The van der Waals surface area contributed by atoms with Crippen molar-refractivity contribution >= 4 is 12.0 Å². The predicted octanol–water partition coefficient (Wildman–Crippen LogP) is -1.17. The minimum atomic E-state index is -0.586. The fourth-order valence-corrected chi connectivity index (χ4v) is 1.64. The van der Waals surface area contributed by atoms with E-state index in [-0.39, 0.29) is 24.3 Å². The van der Waals surface area contributed by atoms with Crippen molar-refractivity contribution < 1.29 is 28.4 Å². The summed E-state index contributed by atoms with van der Waals surface area (Å²) in [6.07, 6.45) is -0.135. The first-order chi connectivity index (χ1) is 10.3. The molecule has 0 saturated carbocycles. The molecule has 4 aliphatic heterocycles. The van der Waals surface area contributed by atoms with Gasteiger partial charge in [0.05, 0.1) is 26.4 Å². The smallest absolute Gasteiger partial charge is 0.320 e. The minimum Gasteiger partial charge on any atom is -0.462 e. The molecule has 4 atom stereocenters. The Labute approximate surface area is 121 Å². The maximum absolute atomic E-state index is 5.59. The highest BCUT2D eigenvalue weighted by molar-refractivity contribution is 5.91. The molecule has 4 rings (SSSR count). The Hall–Kier alpha value is -1.42. The molecule has 4 unspecified atom stereocenters. The van der Waals surface area contributed by atoms with Gasteiger partial charge in [-0.05, 0) is 0 Å². The number of amidine groups is 2. The Kier molecular flexibility index (Phi) is 3.63. The lowest BCUT2D eigenvalue weighted by Crippen LogP contribution is -2.42. The molecule has 4 heterocycles. The standard InChI is InChI=1S/C12H17N3O6/c1-7(16-1)4-19-10-13-11(20-5-8-2-17-8)15-12(14-10)21-6-9-3-18-9/h7-10H,1-6H2,(H,13,14,15). The lowest BCUT2D eigenvalue weighted by Gasteiger charge is -2.21. The van der Waals surface area contributed by atoms with E-state index in [2.05, 4.69) is 15.3 Å². The molecule has 0 aliphatic carbocycles. The van der Waals surface area contributed by atoms with Gasteiger partial charge < -0.3 is 28.4 Å². The highest BCUT2D eigenvalue weighted by Gasteiger charge is 2.29. The van der Waals surface area contributed by atoms with Crippen molar-refractivity contribution in [3.05, 3.63) is 0 Å². The Morgan fingerprint density at radius 2 is 1.57 bits per heavy atom. The van der Waals surface area contributed by atoms with Crippen LogP contribution < -0.4 is 5.32 Å². The molecule has 0 amide bonds. The third kappa shape index (κ3) is 4.27. The van der Waals surface area contributed by atoms with E-state index in [9.17, 15) is 0 Å². The van der Waals surface area contributed by atoms with E-state index in [4.69, 9.17) is 28.4 Å². The number of epoxide rings is 3. The Balaban J connectivity index is 1.32. The first-order valence-electron chi connectivity index (χ1n) is 7.00. The van der Waals surface area contributed by atoms with Crippen LogP contribution >= 0.6 is 0 Å². The van der Waals surface area contributed by atoms with Gasteiger partial charge in [-0.1, -0.05) is 0 Å². The van der Waals surface area contributed by atoms with E-state index in [1.54, 1.807) is 0 Å². The zero-order valence-electron chi connectivity index (χ0n) is 11.4. The Morgan fingerprint density at radius 1 is 0.952 bits per heavy atom. The molecule has 9 nitrogen and oxygen atoms in total. The highest BCUT2D eigenvalue weighted by atomic mass is 16.6. The van der Waals surface area contributed by atoms with E-state index in [1.165, 1.54) is 0 Å². The van der Waals surface area contributed by atoms with E-state index in [0.29, 0.717) is 25.8 Å². The first kappa shape index (κ1) is 13.3. The van der Waals surface area contributed by atoms with Crippen LogP contribution in [-0.4, -0.2) is 76.3 Å². The van der Waals surface area contributed by atoms with Crippen LogP contribution in [0.15, 0.2) is 9.98 Å². The predicted molar refractivity (Wildman–Crippen MR) is 68.9 cm³/mol. The monoisotopic (exact) mass is 299 g/mol. The number of hydrogen-bond donors (Lipinski definition) is 1. The molecule has 0 spiro atoms. The molecule has 0 aromatic heterocycles. The van der Waals surface area contributed by atoms with Crippen molar-refractivity contribution in [1.82, 2.24) is 5.32 Å². The van der Waals surface area contributed by atoms with Crippen LogP contribution in [0.1, 0.15) is 0 Å². The molecule has 9 heteroatoms. The molecule has 3 saturated heterocycles. The van der Waals surface area contributed by atoms with Crippen LogP contribution in [0.5, 0.6) is 0 Å². The summed E-state index contributed by atoms with van der Waals surface area (Å²) in [6.45, 7) is 3.52. The van der Waals surface area contributed by atoms with E-state index < -0.39 is 6.35 Å². The fourth-order valence-electron chi connectivity index (χ4n) is 1.64. The normalized spacial score (nSPS) is 36.2. The van der Waals surface area contributed by atoms with Gasteiger partial charge in [-0.25, -0.2) is 0 Å². The van der Waals surface area contributed by atoms with Crippen molar-refractivity contribution in [2.75, 3.05) is 39.6 Å². The quantitative estimate of drug-likeness (QED) is 0.591. The van der Waals surface area contributed by atoms with E-state index >= 15 is 0 Å². The summed E-state index contributed by atoms with van der Waals surface area (Å²) in [5, 5.41) is 2.95. The average molecular weight is 299 g/mol. The van der Waals surface area contributed by atoms with Gasteiger partial charge in [0.15, 0.2) is 0 Å². The molecule has 1 N–H and O–H groups in total. The van der Waals surface area contributed by atoms with Gasteiger partial charge in [0.25, 0.3) is 6.02 Å². The third-order valence-corrected chi connectivity index (χ3v) is 3.12. The van der Waals surface area contributed by atoms with Gasteiger partial charge in [0, 0.05) is 0 Å². The van der Waals surface area contributed by atoms with Crippen LogP contribution in [0.2, 0.25) is 0 Å². The van der Waals surface area contributed by atoms with E-state index in [0.717, 1.165) is 19.8 Å². The zero-order valence-corrected chi connectivity index (χ0v) is 11.4. The third-order valence-electron chi connectivity index (χ3n) is 3.12. The molecular weight excluding hydrogens is 282 g/mol. The summed E-state index contributed by atoms with van der Waals surface area (Å²) in [5.41, 5.74) is 0. The molecule has 0 radical (unpaired) electrons. The maximum Gasteiger partial charge on any atom is 0.320 e. The van der Waals surface area contributed by atoms with Gasteiger partial charge in [0.1, 0.15) is 31.5 Å². The number of ether oxygens (including phenoxy) is 6. The minimum absolute atomic E-state index is 0.140. The van der Waals surface area contributed by atoms with Crippen LogP contribution in [0.3, 0.4) is 0 Å². The highest BCUT2D eigenvalue weighted by Crippen LogP contribution is 2.14. The summed E-state index contributed by atoms with van der Waals surface area (Å²) in [6, 6.07) is 0.562. The molecular formula is C12H17N3O6. The number of aliphatic imine (C=N–C) groups is 2. The second kappa shape index (κ2) is 5.76. The van der Waals surface area contributed by atoms with Crippen LogP contribution in [0, 0.1) is 0 Å². The van der Waals surface area contributed by atoms with Crippen molar-refractivity contribution in [2.24, 2.45) is 9.98 Å². The van der Waals surface area contributed by atoms with Gasteiger partial charge in [-0.2, -0.15) is 4.99 Å². The molecule has 116 valence electrons. The number of nitrogens with one attached hydrogen (secondary N) is 1. The summed E-state index contributed by atoms with van der Waals surface area (Å²) >= 11 is 0. The number of nitrogens with zero attached hydrogens (tertiary/aromatic N) is 2. The molecule has 0 aromatic carbocycles. The van der Waals surface area contributed by atoms with Crippen molar-refractivity contribution in [1.29, 1.82) is 0 Å². The average Bonchev–Trinajstić information content (AvgIpc) is 3.38. The topological polar surface area (TPSA) is 102 Å². The summed E-state index contributed by atoms with van der Waals surface area (Å²) in [5.74, 6) is 0. The maximum atomic E-state index is 5.59. The zero-order chi connectivity index (χ0) is 14.1. The van der Waals surface area contributed by atoms with Crippen LogP contribution in [-0.2, 0) is 28.4 Å². The largest absolute Gasteiger partial charge is 0.462 e. The van der Waals surface area contributed by atoms with Crippen molar-refractivity contribution in [3.63, 3.8) is 0 Å². The van der Waals surface area contributed by atoms with Crippen molar-refractivity contribution in [2.45, 2.75) is 24.7 Å². The molecule has 0 aromatic rings. The number of rotatable bonds is 7. The van der Waals surface area contributed by atoms with Crippen molar-refractivity contribution in [3.8, 4) is 0 Å². The molecule has 4 aliphatic rings.